The summed E-state index contributed by atoms with van der Waals surface area (Å²) < 4.78 is 16.5. The van der Waals surface area contributed by atoms with Gasteiger partial charge < -0.3 is 24.2 Å². The van der Waals surface area contributed by atoms with Crippen LogP contribution < -0.4 is 14.2 Å². The lowest BCUT2D eigenvalue weighted by molar-refractivity contribution is 0.0553. The summed E-state index contributed by atoms with van der Waals surface area (Å²) in [5, 5.41) is 9.47. The smallest absolute Gasteiger partial charge is 0.254 e. The number of aliphatic hydroxyl groups excluding tert-OH is 1. The van der Waals surface area contributed by atoms with Crippen LogP contribution in [-0.4, -0.2) is 80.0 Å². The molecule has 0 unspecified atom stereocenters. The third-order valence-electron chi connectivity index (χ3n) is 4.26. The summed E-state index contributed by atoms with van der Waals surface area (Å²) >= 11 is 0. The van der Waals surface area contributed by atoms with Crippen molar-refractivity contribution in [2.75, 3.05) is 53.0 Å². The Morgan fingerprint density at radius 1 is 1.25 bits per heavy atom. The Labute approximate surface area is 141 Å². The van der Waals surface area contributed by atoms with Gasteiger partial charge in [-0.25, -0.2) is 0 Å². The van der Waals surface area contributed by atoms with Gasteiger partial charge in [0.15, 0.2) is 11.5 Å². The number of methoxy groups -OCH3 is 1. The highest BCUT2D eigenvalue weighted by molar-refractivity contribution is 5.95. The second-order valence-corrected chi connectivity index (χ2v) is 6.14. The predicted octanol–water partition coefficient (Wildman–Crippen LogP) is 0.605. The highest BCUT2D eigenvalue weighted by Crippen LogP contribution is 2.40. The van der Waals surface area contributed by atoms with Crippen LogP contribution in [0, 0.1) is 0 Å². The van der Waals surface area contributed by atoms with Crippen LogP contribution in [0.2, 0.25) is 0 Å². The predicted molar refractivity (Wildman–Crippen MR) is 88.0 cm³/mol. The van der Waals surface area contributed by atoms with Gasteiger partial charge in [-0.05, 0) is 19.1 Å². The van der Waals surface area contributed by atoms with Gasteiger partial charge in [0.2, 0.25) is 5.75 Å². The maximum absolute atomic E-state index is 12.8. The van der Waals surface area contributed by atoms with Crippen LogP contribution >= 0.6 is 0 Å². The van der Waals surface area contributed by atoms with Crippen molar-refractivity contribution < 1.29 is 24.1 Å². The lowest BCUT2D eigenvalue weighted by atomic mass is 10.1. The number of aliphatic hydroxyl groups is 1. The Morgan fingerprint density at radius 2 is 1.96 bits per heavy atom. The quantitative estimate of drug-likeness (QED) is 0.868. The number of piperazine rings is 1. The fourth-order valence-electron chi connectivity index (χ4n) is 3.09. The first-order valence-electron chi connectivity index (χ1n) is 8.26. The molecule has 2 aliphatic rings. The number of rotatable bonds is 4. The number of ether oxygens (including phenoxy) is 3. The third kappa shape index (κ3) is 3.57. The summed E-state index contributed by atoms with van der Waals surface area (Å²) in [6.07, 6.45) is -0.352. The number of β-amino-alcohol motifs (C(OH)–C–C–N with tert-alkyl or cyclic N) is 1. The first-order chi connectivity index (χ1) is 11.6. The summed E-state index contributed by atoms with van der Waals surface area (Å²) in [5.74, 6) is 1.59. The lowest BCUT2D eigenvalue weighted by Gasteiger charge is -2.35. The van der Waals surface area contributed by atoms with E-state index in [9.17, 15) is 9.90 Å². The van der Waals surface area contributed by atoms with Crippen LogP contribution in [-0.2, 0) is 0 Å². The van der Waals surface area contributed by atoms with E-state index in [0.29, 0.717) is 55.7 Å². The van der Waals surface area contributed by atoms with Gasteiger partial charge in [0.05, 0.1) is 13.2 Å². The van der Waals surface area contributed by atoms with E-state index in [1.807, 2.05) is 4.90 Å². The van der Waals surface area contributed by atoms with Crippen LogP contribution in [0.3, 0.4) is 0 Å². The first-order valence-corrected chi connectivity index (χ1v) is 8.26. The molecule has 1 amide bonds. The Hall–Kier alpha value is -1.99. The lowest BCUT2D eigenvalue weighted by Crippen LogP contribution is -2.50. The van der Waals surface area contributed by atoms with Crippen molar-refractivity contribution in [1.29, 1.82) is 0 Å². The molecule has 2 heterocycles. The molecule has 132 valence electrons. The van der Waals surface area contributed by atoms with E-state index in [0.717, 1.165) is 13.1 Å². The van der Waals surface area contributed by atoms with Gasteiger partial charge in [-0.3, -0.25) is 9.69 Å². The average Bonchev–Trinajstić information content (AvgIpc) is 2.60. The van der Waals surface area contributed by atoms with Crippen LogP contribution in [0.4, 0.5) is 0 Å². The summed E-state index contributed by atoms with van der Waals surface area (Å²) in [6, 6.07) is 3.43. The highest BCUT2D eigenvalue weighted by atomic mass is 16.6. The average molecular weight is 336 g/mol. The summed E-state index contributed by atoms with van der Waals surface area (Å²) in [7, 11) is 1.55. The highest BCUT2D eigenvalue weighted by Gasteiger charge is 2.26. The molecule has 1 N–H and O–H groups in total. The van der Waals surface area contributed by atoms with E-state index in [2.05, 4.69) is 4.90 Å². The van der Waals surface area contributed by atoms with Crippen LogP contribution in [0.1, 0.15) is 17.3 Å². The SMILES string of the molecule is COc1cc(C(=O)N2CCN(C[C@@H](C)O)CC2)cc2c1OCCO2. The molecule has 24 heavy (non-hydrogen) atoms. The number of fused-ring (bicyclic) bond motifs is 1. The van der Waals surface area contributed by atoms with E-state index < -0.39 is 0 Å². The number of hydrogen-bond donors (Lipinski definition) is 1. The molecule has 0 aliphatic carbocycles. The molecule has 7 heteroatoms. The molecule has 0 spiro atoms. The minimum absolute atomic E-state index is 0.0398. The van der Waals surface area contributed by atoms with Gasteiger partial charge in [-0.1, -0.05) is 0 Å². The largest absolute Gasteiger partial charge is 0.493 e. The van der Waals surface area contributed by atoms with Gasteiger partial charge in [0, 0.05) is 38.3 Å². The minimum atomic E-state index is -0.352. The maximum atomic E-state index is 12.8. The molecular weight excluding hydrogens is 312 g/mol. The summed E-state index contributed by atoms with van der Waals surface area (Å²) in [5.41, 5.74) is 0.542. The fourth-order valence-corrected chi connectivity index (χ4v) is 3.09. The number of nitrogens with zero attached hydrogens (tertiary/aromatic N) is 2. The summed E-state index contributed by atoms with van der Waals surface area (Å²) in [4.78, 5) is 16.8. The van der Waals surface area contributed by atoms with Gasteiger partial charge in [-0.2, -0.15) is 0 Å². The Bertz CT molecular complexity index is 580. The number of hydrogen-bond acceptors (Lipinski definition) is 6. The molecule has 0 aromatic heterocycles. The van der Waals surface area contributed by atoms with Gasteiger partial charge in [-0.15, -0.1) is 0 Å². The number of amides is 1. The van der Waals surface area contributed by atoms with E-state index >= 15 is 0 Å². The molecule has 1 aromatic carbocycles. The normalized spacial score (nSPS) is 19.0. The molecule has 0 saturated carbocycles. The molecule has 1 aromatic rings. The number of carbonyl (C=O) groups excluding carboxylic acids is 1. The van der Waals surface area contributed by atoms with Crippen molar-refractivity contribution in [3.63, 3.8) is 0 Å². The van der Waals surface area contributed by atoms with Crippen molar-refractivity contribution >= 4 is 5.91 Å². The van der Waals surface area contributed by atoms with Gasteiger partial charge in [0.1, 0.15) is 13.2 Å². The minimum Gasteiger partial charge on any atom is -0.493 e. The standard InChI is InChI=1S/C17H24N2O5/c1-12(20)11-18-3-5-19(6-4-18)17(21)13-9-14(22-2)16-15(10-13)23-7-8-24-16/h9-10,12,20H,3-8,11H2,1-2H3/t12-/m1/s1. The second-order valence-electron chi connectivity index (χ2n) is 6.14. The Morgan fingerprint density at radius 3 is 2.62 bits per heavy atom. The Balaban J connectivity index is 1.71. The maximum Gasteiger partial charge on any atom is 0.254 e. The second kappa shape index (κ2) is 7.27. The molecule has 0 bridgehead atoms. The molecular formula is C17H24N2O5. The Kier molecular flexibility index (Phi) is 5.11. The molecule has 1 saturated heterocycles. The van der Waals surface area contributed by atoms with Crippen molar-refractivity contribution in [3.8, 4) is 17.2 Å². The number of benzene rings is 1. The van der Waals surface area contributed by atoms with E-state index in [-0.39, 0.29) is 12.0 Å². The molecule has 7 nitrogen and oxygen atoms in total. The van der Waals surface area contributed by atoms with Crippen molar-refractivity contribution in [1.82, 2.24) is 9.80 Å². The third-order valence-corrected chi connectivity index (χ3v) is 4.26. The van der Waals surface area contributed by atoms with Crippen molar-refractivity contribution in [2.45, 2.75) is 13.0 Å². The van der Waals surface area contributed by atoms with Crippen LogP contribution in [0.25, 0.3) is 0 Å². The monoisotopic (exact) mass is 336 g/mol. The number of carbonyl (C=O) groups is 1. The molecule has 3 rings (SSSR count). The zero-order chi connectivity index (χ0) is 17.1. The summed E-state index contributed by atoms with van der Waals surface area (Å²) in [6.45, 7) is 6.16. The van der Waals surface area contributed by atoms with Crippen LogP contribution in [0.5, 0.6) is 17.2 Å². The molecule has 1 atom stereocenters. The van der Waals surface area contributed by atoms with Gasteiger partial charge >= 0.3 is 0 Å². The van der Waals surface area contributed by atoms with Crippen molar-refractivity contribution in [3.05, 3.63) is 17.7 Å². The van der Waals surface area contributed by atoms with Gasteiger partial charge in [0.25, 0.3) is 5.91 Å². The molecule has 2 aliphatic heterocycles. The van der Waals surface area contributed by atoms with E-state index in [1.165, 1.54) is 0 Å². The first kappa shape index (κ1) is 16.9. The van der Waals surface area contributed by atoms with Crippen LogP contribution in [0.15, 0.2) is 12.1 Å². The molecule has 0 radical (unpaired) electrons. The zero-order valence-corrected chi connectivity index (χ0v) is 14.2. The van der Waals surface area contributed by atoms with Crippen molar-refractivity contribution in [2.24, 2.45) is 0 Å². The molecule has 1 fully saturated rings. The van der Waals surface area contributed by atoms with E-state index in [4.69, 9.17) is 14.2 Å². The zero-order valence-electron chi connectivity index (χ0n) is 14.2. The topological polar surface area (TPSA) is 71.5 Å². The fraction of sp³-hybridized carbons (Fsp3) is 0.588. The van der Waals surface area contributed by atoms with E-state index in [1.54, 1.807) is 26.2 Å².